The van der Waals surface area contributed by atoms with Crippen LogP contribution >= 0.6 is 0 Å². The van der Waals surface area contributed by atoms with Gasteiger partial charge in [-0.3, -0.25) is 0 Å². The van der Waals surface area contributed by atoms with E-state index >= 15 is 0 Å². The number of hydrogen-bond donors (Lipinski definition) is 1. The Morgan fingerprint density at radius 2 is 2.11 bits per heavy atom. The zero-order valence-electron chi connectivity index (χ0n) is 5.94. The van der Waals surface area contributed by atoms with E-state index in [0.717, 1.165) is 5.71 Å². The molecule has 0 aromatic carbocycles. The Morgan fingerprint density at radius 3 is 2.44 bits per heavy atom. The van der Waals surface area contributed by atoms with Crippen molar-refractivity contribution >= 4 is 5.71 Å². The summed E-state index contributed by atoms with van der Waals surface area (Å²) < 4.78 is 0. The van der Waals surface area contributed by atoms with Gasteiger partial charge in [-0.2, -0.15) is 0 Å². The van der Waals surface area contributed by atoms with Crippen molar-refractivity contribution in [3.8, 4) is 0 Å². The zero-order chi connectivity index (χ0) is 7.28. The molecule has 0 aromatic rings. The first kappa shape index (κ1) is 7.95. The van der Waals surface area contributed by atoms with E-state index in [1.165, 1.54) is 0 Å². The van der Waals surface area contributed by atoms with Gasteiger partial charge in [-0.1, -0.05) is 13.2 Å². The molecule has 2 nitrogen and oxygen atoms in total. The van der Waals surface area contributed by atoms with Gasteiger partial charge in [0.2, 0.25) is 0 Å². The second-order valence-electron chi connectivity index (χ2n) is 1.85. The number of nitrogens with zero attached hydrogens (tertiary/aromatic N) is 1. The monoisotopic (exact) mass is 124 g/mol. The van der Waals surface area contributed by atoms with Crippen LogP contribution in [0.1, 0.15) is 13.8 Å². The second kappa shape index (κ2) is 3.89. The molecule has 0 heterocycles. The number of aliphatic imine (C=N–C) groups is 1. The summed E-state index contributed by atoms with van der Waals surface area (Å²) in [5, 5.41) is 2.76. The fourth-order valence-corrected chi connectivity index (χ4v) is 0.420. The van der Waals surface area contributed by atoms with Crippen LogP contribution in [0.2, 0.25) is 0 Å². The van der Waals surface area contributed by atoms with Crippen molar-refractivity contribution in [1.82, 2.24) is 5.32 Å². The van der Waals surface area contributed by atoms with Gasteiger partial charge in [-0.25, -0.2) is 4.99 Å². The number of nitrogens with one attached hydrogen (secondary N) is 1. The van der Waals surface area contributed by atoms with Crippen molar-refractivity contribution in [2.24, 2.45) is 4.99 Å². The molecule has 0 saturated carbocycles. The number of hydrogen-bond acceptors (Lipinski definition) is 2. The Kier molecular flexibility index (Phi) is 3.44. The van der Waals surface area contributed by atoms with Gasteiger partial charge >= 0.3 is 0 Å². The van der Waals surface area contributed by atoms with E-state index in [1.807, 2.05) is 13.8 Å². The molecule has 2 heteroatoms. The molecule has 1 N–H and O–H groups in total. The molecule has 0 saturated heterocycles. The molecular weight excluding hydrogens is 112 g/mol. The van der Waals surface area contributed by atoms with E-state index < -0.39 is 0 Å². The van der Waals surface area contributed by atoms with E-state index in [9.17, 15) is 0 Å². The Morgan fingerprint density at radius 1 is 1.56 bits per heavy atom. The van der Waals surface area contributed by atoms with E-state index in [2.05, 4.69) is 23.5 Å². The summed E-state index contributed by atoms with van der Waals surface area (Å²) in [5.74, 6) is 0.630. The lowest BCUT2D eigenvalue weighted by Crippen LogP contribution is -2.00. The van der Waals surface area contributed by atoms with Gasteiger partial charge in [0.1, 0.15) is 5.82 Å². The third kappa shape index (κ3) is 4.81. The van der Waals surface area contributed by atoms with Crippen molar-refractivity contribution < 1.29 is 0 Å². The minimum absolute atomic E-state index is 0.630. The minimum atomic E-state index is 0.630. The molecule has 0 atom stereocenters. The largest absolute Gasteiger partial charge is 0.348 e. The van der Waals surface area contributed by atoms with Gasteiger partial charge < -0.3 is 5.32 Å². The molecule has 0 amide bonds. The molecule has 0 fully saturated rings. The molecule has 0 bridgehead atoms. The molecule has 0 aromatic heterocycles. The maximum atomic E-state index is 4.01. The van der Waals surface area contributed by atoms with Gasteiger partial charge in [-0.05, 0) is 20.0 Å². The Balaban J connectivity index is 3.76. The molecule has 0 aliphatic heterocycles. The molecule has 0 unspecified atom stereocenters. The average Bonchev–Trinajstić information content (AvgIpc) is 1.63. The van der Waals surface area contributed by atoms with Crippen molar-refractivity contribution in [3.63, 3.8) is 0 Å². The summed E-state index contributed by atoms with van der Waals surface area (Å²) in [6.45, 7) is 10.9. The quantitative estimate of drug-likeness (QED) is 0.568. The highest BCUT2D eigenvalue weighted by molar-refractivity contribution is 5.79. The van der Waals surface area contributed by atoms with Crippen molar-refractivity contribution in [1.29, 1.82) is 0 Å². The maximum absolute atomic E-state index is 4.01. The van der Waals surface area contributed by atoms with Crippen LogP contribution in [-0.4, -0.2) is 5.71 Å². The van der Waals surface area contributed by atoms with E-state index in [0.29, 0.717) is 5.82 Å². The SMILES string of the molecule is C=CNC(=C)N=C(C)C. The van der Waals surface area contributed by atoms with Gasteiger partial charge in [0.05, 0.1) is 0 Å². The predicted molar refractivity (Wildman–Crippen MR) is 41.3 cm³/mol. The molecule has 0 radical (unpaired) electrons. The van der Waals surface area contributed by atoms with Crippen LogP contribution in [0.3, 0.4) is 0 Å². The minimum Gasteiger partial charge on any atom is -0.348 e. The standard InChI is InChI=1S/C7H12N2/c1-5-8-7(4)9-6(2)3/h5,8H,1,4H2,2-3H3. The second-order valence-corrected chi connectivity index (χ2v) is 1.85. The summed E-state index contributed by atoms with van der Waals surface area (Å²) in [5.41, 5.74) is 0.981. The lowest BCUT2D eigenvalue weighted by molar-refractivity contribution is 1.04. The Hall–Kier alpha value is -1.05. The molecule has 9 heavy (non-hydrogen) atoms. The van der Waals surface area contributed by atoms with Crippen LogP contribution in [0.25, 0.3) is 0 Å². The Bertz CT molecular complexity index is 141. The molecular formula is C7H12N2. The fourth-order valence-electron chi connectivity index (χ4n) is 0.420. The van der Waals surface area contributed by atoms with Crippen molar-refractivity contribution in [2.75, 3.05) is 0 Å². The smallest absolute Gasteiger partial charge is 0.122 e. The van der Waals surface area contributed by atoms with Gasteiger partial charge in [-0.15, -0.1) is 0 Å². The fraction of sp³-hybridized carbons (Fsp3) is 0.286. The van der Waals surface area contributed by atoms with Crippen LogP contribution < -0.4 is 5.32 Å². The molecule has 0 spiro atoms. The highest BCUT2D eigenvalue weighted by Gasteiger charge is 1.81. The highest BCUT2D eigenvalue weighted by Crippen LogP contribution is 1.86. The first-order chi connectivity index (χ1) is 4.16. The van der Waals surface area contributed by atoms with Crippen LogP contribution in [0.15, 0.2) is 30.2 Å². The lowest BCUT2D eigenvalue weighted by Gasteiger charge is -1.96. The first-order valence-corrected chi connectivity index (χ1v) is 2.75. The molecule has 0 aliphatic carbocycles. The van der Waals surface area contributed by atoms with Crippen LogP contribution in [0.4, 0.5) is 0 Å². The number of rotatable bonds is 3. The normalized spacial score (nSPS) is 7.78. The van der Waals surface area contributed by atoms with Gasteiger partial charge in [0.25, 0.3) is 0 Å². The summed E-state index contributed by atoms with van der Waals surface area (Å²) in [6.07, 6.45) is 1.55. The Labute approximate surface area is 56.0 Å². The predicted octanol–water partition coefficient (Wildman–Crippen LogP) is 1.67. The summed E-state index contributed by atoms with van der Waals surface area (Å²) in [6, 6.07) is 0. The first-order valence-electron chi connectivity index (χ1n) is 2.75. The van der Waals surface area contributed by atoms with Crippen molar-refractivity contribution in [2.45, 2.75) is 13.8 Å². The summed E-state index contributed by atoms with van der Waals surface area (Å²) >= 11 is 0. The summed E-state index contributed by atoms with van der Waals surface area (Å²) in [7, 11) is 0. The van der Waals surface area contributed by atoms with E-state index in [-0.39, 0.29) is 0 Å². The average molecular weight is 124 g/mol. The van der Waals surface area contributed by atoms with Crippen LogP contribution in [0, 0.1) is 0 Å². The van der Waals surface area contributed by atoms with Crippen LogP contribution in [0.5, 0.6) is 0 Å². The molecule has 0 aliphatic rings. The summed E-state index contributed by atoms with van der Waals surface area (Å²) in [4.78, 5) is 4.01. The highest BCUT2D eigenvalue weighted by atomic mass is 15.0. The van der Waals surface area contributed by atoms with Gasteiger partial charge in [0, 0.05) is 5.71 Å². The zero-order valence-corrected chi connectivity index (χ0v) is 5.94. The third-order valence-corrected chi connectivity index (χ3v) is 0.627. The van der Waals surface area contributed by atoms with Gasteiger partial charge in [0.15, 0.2) is 0 Å². The van der Waals surface area contributed by atoms with Crippen LogP contribution in [-0.2, 0) is 0 Å². The molecule has 50 valence electrons. The topological polar surface area (TPSA) is 24.4 Å². The third-order valence-electron chi connectivity index (χ3n) is 0.627. The van der Waals surface area contributed by atoms with Crippen molar-refractivity contribution in [3.05, 3.63) is 25.2 Å². The lowest BCUT2D eigenvalue weighted by atomic mass is 10.5. The maximum Gasteiger partial charge on any atom is 0.122 e. The molecule has 0 rings (SSSR count). The van der Waals surface area contributed by atoms with E-state index in [1.54, 1.807) is 6.20 Å². The van der Waals surface area contributed by atoms with E-state index in [4.69, 9.17) is 0 Å².